The summed E-state index contributed by atoms with van der Waals surface area (Å²) in [6, 6.07) is 15.6. The summed E-state index contributed by atoms with van der Waals surface area (Å²) in [7, 11) is 0. The van der Waals surface area contributed by atoms with E-state index in [1.165, 1.54) is 23.0 Å². The number of anilines is 1. The number of rotatable bonds is 3. The van der Waals surface area contributed by atoms with Gasteiger partial charge in [0.25, 0.3) is 6.29 Å². The highest BCUT2D eigenvalue weighted by molar-refractivity contribution is 8.01. The number of nitrogens with zero attached hydrogens (tertiary/aromatic N) is 3. The fourth-order valence-electron chi connectivity index (χ4n) is 3.42. The molecule has 8 nitrogen and oxygen atoms in total. The van der Waals surface area contributed by atoms with Crippen LogP contribution in [0.5, 0.6) is 0 Å². The largest absolute Gasteiger partial charge is 0.417 e. The van der Waals surface area contributed by atoms with Crippen LogP contribution in [0.1, 0.15) is 34.2 Å². The third-order valence-electron chi connectivity index (χ3n) is 4.96. The van der Waals surface area contributed by atoms with Gasteiger partial charge in [0.2, 0.25) is 5.91 Å². The Kier molecular flexibility index (Phi) is 4.22. The van der Waals surface area contributed by atoms with Gasteiger partial charge >= 0.3 is 11.9 Å². The van der Waals surface area contributed by atoms with Crippen LogP contribution in [-0.2, 0) is 19.1 Å². The summed E-state index contributed by atoms with van der Waals surface area (Å²) < 4.78 is 12.4. The van der Waals surface area contributed by atoms with E-state index in [4.69, 9.17) is 14.7 Å². The molecular weight excluding hydrogens is 406 g/mol. The van der Waals surface area contributed by atoms with Gasteiger partial charge in [0.15, 0.2) is 0 Å². The van der Waals surface area contributed by atoms with Gasteiger partial charge in [-0.05, 0) is 42.3 Å². The van der Waals surface area contributed by atoms with Crippen LogP contribution in [0, 0.1) is 11.3 Å². The Balaban J connectivity index is 1.43. The third kappa shape index (κ3) is 2.89. The first-order chi connectivity index (χ1) is 14.5. The van der Waals surface area contributed by atoms with E-state index in [-0.39, 0.29) is 17.0 Å². The Morgan fingerprint density at radius 1 is 1.17 bits per heavy atom. The summed E-state index contributed by atoms with van der Waals surface area (Å²) in [6.45, 7) is 0. The number of hydrogen-bond acceptors (Lipinski definition) is 8. The number of β-lactam (4-membered cyclic amide) rings is 1. The van der Waals surface area contributed by atoms with Crippen molar-refractivity contribution in [1.82, 2.24) is 4.90 Å². The second-order valence-electron chi connectivity index (χ2n) is 6.76. The molecule has 2 aromatic carbocycles. The molecule has 30 heavy (non-hydrogen) atoms. The van der Waals surface area contributed by atoms with Crippen molar-refractivity contribution in [2.75, 3.05) is 4.31 Å². The van der Waals surface area contributed by atoms with E-state index >= 15 is 0 Å². The minimum absolute atomic E-state index is 0.0692. The molecule has 148 valence electrons. The third-order valence-corrected chi connectivity index (χ3v) is 6.13. The van der Waals surface area contributed by atoms with Crippen LogP contribution in [0.15, 0.2) is 60.4 Å². The maximum Gasteiger partial charge on any atom is 0.360 e. The van der Waals surface area contributed by atoms with E-state index in [1.807, 2.05) is 0 Å². The van der Waals surface area contributed by atoms with E-state index in [9.17, 15) is 14.4 Å². The molecule has 5 rings (SSSR count). The predicted molar refractivity (Wildman–Crippen MR) is 105 cm³/mol. The molecule has 3 aliphatic rings. The maximum absolute atomic E-state index is 12.9. The number of amides is 1. The minimum Gasteiger partial charge on any atom is -0.417 e. The molecule has 0 aromatic heterocycles. The molecule has 1 unspecified atom stereocenters. The van der Waals surface area contributed by atoms with Crippen molar-refractivity contribution in [2.24, 2.45) is 0 Å². The lowest BCUT2D eigenvalue weighted by molar-refractivity contribution is -0.167. The number of benzene rings is 2. The van der Waals surface area contributed by atoms with Crippen molar-refractivity contribution >= 4 is 35.5 Å². The number of carbonyl (C=O) groups excluding carboxylic acids is 3. The molecule has 0 N–H and O–H groups in total. The molecule has 9 heteroatoms. The fourth-order valence-corrected chi connectivity index (χ4v) is 4.63. The second-order valence-corrected chi connectivity index (χ2v) is 7.90. The molecule has 3 heterocycles. The number of nitriles is 1. The van der Waals surface area contributed by atoms with E-state index in [2.05, 4.69) is 6.07 Å². The monoisotopic (exact) mass is 419 g/mol. The van der Waals surface area contributed by atoms with Crippen LogP contribution >= 0.6 is 11.9 Å². The Morgan fingerprint density at radius 2 is 1.93 bits per heavy atom. The van der Waals surface area contributed by atoms with Gasteiger partial charge in [-0.2, -0.15) is 5.26 Å². The Bertz CT molecular complexity index is 1150. The standard InChI is InChI=1S/C21H13N3O5S/c22-10-12-5-7-13(8-6-12)23-11-16(24-17(25)9-18(24)30-23)20(27)29-21-15-4-2-1-3-14(15)19(26)28-21/h1-8,11,18,21H,9H2/t18-,21?/m0/s1. The number of fused-ring (bicyclic) bond motifs is 2. The summed E-state index contributed by atoms with van der Waals surface area (Å²) in [6.07, 6.45) is 0.656. The van der Waals surface area contributed by atoms with Gasteiger partial charge in [0.1, 0.15) is 11.1 Å². The van der Waals surface area contributed by atoms with E-state index in [1.54, 1.807) is 52.8 Å². The average Bonchev–Trinajstić information content (AvgIpc) is 3.07. The number of esters is 2. The molecule has 3 aliphatic heterocycles. The van der Waals surface area contributed by atoms with Crippen molar-refractivity contribution in [3.05, 3.63) is 77.1 Å². The highest BCUT2D eigenvalue weighted by Crippen LogP contribution is 2.43. The van der Waals surface area contributed by atoms with Crippen molar-refractivity contribution in [2.45, 2.75) is 18.1 Å². The quantitative estimate of drug-likeness (QED) is 0.425. The minimum atomic E-state index is -1.16. The lowest BCUT2D eigenvalue weighted by Gasteiger charge is -2.45. The smallest absolute Gasteiger partial charge is 0.360 e. The first kappa shape index (κ1) is 18.3. The molecule has 1 fully saturated rings. The van der Waals surface area contributed by atoms with Crippen LogP contribution < -0.4 is 4.31 Å². The Hall–Kier alpha value is -3.77. The fraction of sp³-hybridized carbons (Fsp3) is 0.143. The molecular formula is C21H13N3O5S. The van der Waals surface area contributed by atoms with Crippen LogP contribution in [0.2, 0.25) is 0 Å². The van der Waals surface area contributed by atoms with Crippen molar-refractivity contribution in [1.29, 1.82) is 5.26 Å². The molecule has 1 saturated heterocycles. The van der Waals surface area contributed by atoms with Gasteiger partial charge in [-0.25, -0.2) is 9.59 Å². The molecule has 2 atom stereocenters. The SMILES string of the molecule is N#Cc1ccc(N2C=C(C(=O)OC3OC(=O)c4ccccc43)N3C(=O)C[C@@H]3S2)cc1. The van der Waals surface area contributed by atoms with Crippen molar-refractivity contribution in [3.63, 3.8) is 0 Å². The highest BCUT2D eigenvalue weighted by Gasteiger charge is 2.47. The van der Waals surface area contributed by atoms with Gasteiger partial charge in [0.05, 0.1) is 29.3 Å². The number of hydrogen-bond donors (Lipinski definition) is 0. The lowest BCUT2D eigenvalue weighted by atomic mass is 10.1. The normalized spacial score (nSPS) is 21.6. The van der Waals surface area contributed by atoms with E-state index < -0.39 is 18.2 Å². The summed E-state index contributed by atoms with van der Waals surface area (Å²) in [4.78, 5) is 38.4. The molecule has 0 radical (unpaired) electrons. The summed E-state index contributed by atoms with van der Waals surface area (Å²) in [5.41, 5.74) is 2.16. The predicted octanol–water partition coefficient (Wildman–Crippen LogP) is 2.84. The van der Waals surface area contributed by atoms with Crippen LogP contribution in [0.4, 0.5) is 5.69 Å². The zero-order valence-corrected chi connectivity index (χ0v) is 16.2. The first-order valence-electron chi connectivity index (χ1n) is 9.06. The van der Waals surface area contributed by atoms with E-state index in [0.29, 0.717) is 23.1 Å². The molecule has 2 aromatic rings. The first-order valence-corrected chi connectivity index (χ1v) is 9.90. The van der Waals surface area contributed by atoms with Crippen molar-refractivity contribution in [3.8, 4) is 6.07 Å². The van der Waals surface area contributed by atoms with Crippen LogP contribution in [0.25, 0.3) is 0 Å². The molecule has 0 bridgehead atoms. The molecule has 0 saturated carbocycles. The van der Waals surface area contributed by atoms with Crippen LogP contribution in [0.3, 0.4) is 0 Å². The molecule has 0 spiro atoms. The van der Waals surface area contributed by atoms with Crippen molar-refractivity contribution < 1.29 is 23.9 Å². The molecule has 1 amide bonds. The lowest BCUT2D eigenvalue weighted by Crippen LogP contribution is -2.55. The van der Waals surface area contributed by atoms with Crippen LogP contribution in [-0.4, -0.2) is 28.1 Å². The zero-order chi connectivity index (χ0) is 20.8. The van der Waals surface area contributed by atoms with Gasteiger partial charge in [0, 0.05) is 11.8 Å². The summed E-state index contributed by atoms with van der Waals surface area (Å²) in [5.74, 6) is -1.51. The van der Waals surface area contributed by atoms with Gasteiger partial charge < -0.3 is 9.47 Å². The number of carbonyl (C=O) groups is 3. The van der Waals surface area contributed by atoms with E-state index in [0.717, 1.165) is 5.69 Å². The summed E-state index contributed by atoms with van der Waals surface area (Å²) in [5, 5.41) is 8.73. The second kappa shape index (κ2) is 6.93. The topological polar surface area (TPSA) is 99.9 Å². The van der Waals surface area contributed by atoms with Gasteiger partial charge in [-0.3, -0.25) is 14.0 Å². The van der Waals surface area contributed by atoms with Gasteiger partial charge in [-0.1, -0.05) is 18.2 Å². The number of ether oxygens (including phenoxy) is 2. The Labute approximate surface area is 175 Å². The zero-order valence-electron chi connectivity index (χ0n) is 15.3. The molecule has 0 aliphatic carbocycles. The highest BCUT2D eigenvalue weighted by atomic mass is 32.2. The Morgan fingerprint density at radius 3 is 2.67 bits per heavy atom. The van der Waals surface area contributed by atoms with Gasteiger partial charge in [-0.15, -0.1) is 0 Å². The number of cyclic esters (lactones) is 1. The summed E-state index contributed by atoms with van der Waals surface area (Å²) >= 11 is 1.39. The maximum atomic E-state index is 12.9. The average molecular weight is 419 g/mol.